The third-order valence-corrected chi connectivity index (χ3v) is 4.26. The molecule has 0 radical (unpaired) electrons. The Morgan fingerprint density at radius 1 is 1.08 bits per heavy atom. The number of methoxy groups -OCH3 is 1. The third-order valence-electron chi connectivity index (χ3n) is 4.26. The van der Waals surface area contributed by atoms with E-state index in [4.69, 9.17) is 10.5 Å². The van der Waals surface area contributed by atoms with Crippen LogP contribution in [0.5, 0.6) is 5.75 Å². The summed E-state index contributed by atoms with van der Waals surface area (Å²) in [7, 11) is 1.60. The number of nitrogens with zero attached hydrogens (tertiary/aromatic N) is 3. The van der Waals surface area contributed by atoms with Crippen LogP contribution in [0.3, 0.4) is 0 Å². The van der Waals surface area contributed by atoms with Crippen LogP contribution in [0.4, 0.5) is 5.69 Å². The minimum atomic E-state index is -0.546. The van der Waals surface area contributed by atoms with Gasteiger partial charge in [-0.15, -0.1) is 0 Å². The highest BCUT2D eigenvalue weighted by Crippen LogP contribution is 2.19. The molecule has 1 fully saturated rings. The van der Waals surface area contributed by atoms with Crippen molar-refractivity contribution in [2.45, 2.75) is 0 Å². The van der Waals surface area contributed by atoms with Gasteiger partial charge in [0.25, 0.3) is 11.8 Å². The minimum Gasteiger partial charge on any atom is -0.497 e. The topological polar surface area (TPSA) is 88.8 Å². The van der Waals surface area contributed by atoms with Crippen LogP contribution in [-0.4, -0.2) is 55.0 Å². The molecule has 130 valence electrons. The van der Waals surface area contributed by atoms with E-state index in [-0.39, 0.29) is 11.6 Å². The van der Waals surface area contributed by atoms with Gasteiger partial charge in [-0.1, -0.05) is 0 Å². The van der Waals surface area contributed by atoms with Gasteiger partial charge in [-0.2, -0.15) is 0 Å². The summed E-state index contributed by atoms with van der Waals surface area (Å²) >= 11 is 0. The van der Waals surface area contributed by atoms with Gasteiger partial charge in [0.15, 0.2) is 0 Å². The number of primary amides is 1. The lowest BCUT2D eigenvalue weighted by Gasteiger charge is -2.36. The molecule has 3 rings (SSSR count). The fourth-order valence-electron chi connectivity index (χ4n) is 2.83. The van der Waals surface area contributed by atoms with Crippen LogP contribution in [-0.2, 0) is 0 Å². The van der Waals surface area contributed by atoms with E-state index >= 15 is 0 Å². The zero-order chi connectivity index (χ0) is 17.8. The number of ether oxygens (including phenoxy) is 1. The number of carbonyl (C=O) groups is 2. The number of pyridine rings is 1. The normalized spacial score (nSPS) is 14.3. The quantitative estimate of drug-likeness (QED) is 0.902. The van der Waals surface area contributed by atoms with Gasteiger partial charge >= 0.3 is 0 Å². The number of nitrogens with two attached hydrogens (primary N) is 1. The number of hydrogen-bond donors (Lipinski definition) is 1. The first kappa shape index (κ1) is 16.8. The molecule has 2 amide bonds. The van der Waals surface area contributed by atoms with Gasteiger partial charge in [0, 0.05) is 43.6 Å². The standard InChI is InChI=1S/C18H20N4O3/c1-25-15-4-2-13(3-5-15)18(24)22-10-8-21(9-11-22)14-6-7-20-16(12-14)17(19)23/h2-7,12H,8-11H2,1H3,(H2,19,23). The van der Waals surface area contributed by atoms with Crippen LogP contribution in [0, 0.1) is 0 Å². The van der Waals surface area contributed by atoms with E-state index in [1.165, 1.54) is 0 Å². The summed E-state index contributed by atoms with van der Waals surface area (Å²) in [6.07, 6.45) is 1.57. The first-order chi connectivity index (χ1) is 12.1. The molecule has 0 spiro atoms. The maximum Gasteiger partial charge on any atom is 0.267 e. The fourth-order valence-corrected chi connectivity index (χ4v) is 2.83. The molecule has 0 unspecified atom stereocenters. The number of rotatable bonds is 4. The molecule has 0 bridgehead atoms. The SMILES string of the molecule is COc1ccc(C(=O)N2CCN(c3ccnc(C(N)=O)c3)CC2)cc1. The number of benzene rings is 1. The second-order valence-electron chi connectivity index (χ2n) is 5.77. The largest absolute Gasteiger partial charge is 0.497 e. The predicted molar refractivity (Wildman–Crippen MR) is 93.9 cm³/mol. The molecule has 2 aromatic rings. The Morgan fingerprint density at radius 3 is 2.36 bits per heavy atom. The molecule has 0 atom stereocenters. The van der Waals surface area contributed by atoms with E-state index in [0.29, 0.717) is 31.7 Å². The smallest absolute Gasteiger partial charge is 0.267 e. The Hall–Kier alpha value is -3.09. The van der Waals surface area contributed by atoms with Crippen molar-refractivity contribution in [2.75, 3.05) is 38.2 Å². The monoisotopic (exact) mass is 340 g/mol. The van der Waals surface area contributed by atoms with Gasteiger partial charge in [-0.05, 0) is 36.4 Å². The predicted octanol–water partition coefficient (Wildman–Crippen LogP) is 1.15. The number of hydrogen-bond acceptors (Lipinski definition) is 5. The summed E-state index contributed by atoms with van der Waals surface area (Å²) in [6.45, 7) is 2.59. The molecule has 1 aliphatic rings. The zero-order valence-electron chi connectivity index (χ0n) is 14.0. The van der Waals surface area contributed by atoms with E-state index in [2.05, 4.69) is 9.88 Å². The van der Waals surface area contributed by atoms with Crippen LogP contribution >= 0.6 is 0 Å². The molecule has 25 heavy (non-hydrogen) atoms. The van der Waals surface area contributed by atoms with E-state index in [0.717, 1.165) is 11.4 Å². The number of aromatic nitrogens is 1. The molecule has 1 aromatic carbocycles. The molecule has 0 aliphatic carbocycles. The summed E-state index contributed by atoms with van der Waals surface area (Å²) in [4.78, 5) is 31.7. The first-order valence-corrected chi connectivity index (χ1v) is 8.02. The molecule has 2 heterocycles. The molecular weight excluding hydrogens is 320 g/mol. The third kappa shape index (κ3) is 3.71. The molecule has 1 aromatic heterocycles. The Bertz CT molecular complexity index is 768. The van der Waals surface area contributed by atoms with Crippen LogP contribution in [0.15, 0.2) is 42.6 Å². The van der Waals surface area contributed by atoms with Crippen LogP contribution < -0.4 is 15.4 Å². The minimum absolute atomic E-state index is 0.00913. The molecule has 1 aliphatic heterocycles. The number of amides is 2. The Labute approximate surface area is 146 Å². The molecule has 7 heteroatoms. The Balaban J connectivity index is 1.64. The van der Waals surface area contributed by atoms with Crippen molar-refractivity contribution >= 4 is 17.5 Å². The van der Waals surface area contributed by atoms with Gasteiger partial charge in [0.2, 0.25) is 0 Å². The van der Waals surface area contributed by atoms with E-state index in [1.54, 1.807) is 43.6 Å². The van der Waals surface area contributed by atoms with Crippen LogP contribution in [0.25, 0.3) is 0 Å². The Kier molecular flexibility index (Phi) is 4.83. The highest BCUT2D eigenvalue weighted by molar-refractivity contribution is 5.94. The van der Waals surface area contributed by atoms with Gasteiger partial charge < -0.3 is 20.3 Å². The lowest BCUT2D eigenvalue weighted by atomic mass is 10.1. The number of anilines is 1. The average molecular weight is 340 g/mol. The van der Waals surface area contributed by atoms with Crippen LogP contribution in [0.1, 0.15) is 20.8 Å². The van der Waals surface area contributed by atoms with Gasteiger partial charge in [0.05, 0.1) is 7.11 Å². The van der Waals surface area contributed by atoms with Crippen molar-refractivity contribution in [1.29, 1.82) is 0 Å². The summed E-state index contributed by atoms with van der Waals surface area (Å²) in [5.74, 6) is 0.189. The lowest BCUT2D eigenvalue weighted by molar-refractivity contribution is 0.0746. The second-order valence-corrected chi connectivity index (χ2v) is 5.77. The molecular formula is C18H20N4O3. The maximum atomic E-state index is 12.6. The maximum absolute atomic E-state index is 12.6. The fraction of sp³-hybridized carbons (Fsp3) is 0.278. The summed E-state index contributed by atoms with van der Waals surface area (Å²) in [6, 6.07) is 10.6. The van der Waals surface area contributed by atoms with Crippen molar-refractivity contribution in [3.63, 3.8) is 0 Å². The van der Waals surface area contributed by atoms with Crippen molar-refractivity contribution in [3.05, 3.63) is 53.9 Å². The first-order valence-electron chi connectivity index (χ1n) is 8.02. The van der Waals surface area contributed by atoms with Crippen molar-refractivity contribution in [2.24, 2.45) is 5.73 Å². The van der Waals surface area contributed by atoms with E-state index < -0.39 is 5.91 Å². The van der Waals surface area contributed by atoms with Crippen molar-refractivity contribution < 1.29 is 14.3 Å². The molecule has 2 N–H and O–H groups in total. The molecule has 1 saturated heterocycles. The highest BCUT2D eigenvalue weighted by Gasteiger charge is 2.22. The summed E-state index contributed by atoms with van der Waals surface area (Å²) in [5.41, 5.74) is 7.06. The highest BCUT2D eigenvalue weighted by atomic mass is 16.5. The molecule has 0 saturated carbocycles. The zero-order valence-corrected chi connectivity index (χ0v) is 14.0. The van der Waals surface area contributed by atoms with E-state index in [1.807, 2.05) is 11.0 Å². The number of piperazine rings is 1. The Morgan fingerprint density at radius 2 is 1.76 bits per heavy atom. The lowest BCUT2D eigenvalue weighted by Crippen LogP contribution is -2.48. The van der Waals surface area contributed by atoms with E-state index in [9.17, 15) is 9.59 Å². The number of carbonyl (C=O) groups excluding carboxylic acids is 2. The van der Waals surface area contributed by atoms with Gasteiger partial charge in [-0.3, -0.25) is 14.6 Å². The summed E-state index contributed by atoms with van der Waals surface area (Å²) < 4.78 is 5.11. The second kappa shape index (κ2) is 7.21. The molecule has 7 nitrogen and oxygen atoms in total. The summed E-state index contributed by atoms with van der Waals surface area (Å²) in [5, 5.41) is 0. The van der Waals surface area contributed by atoms with Crippen LogP contribution in [0.2, 0.25) is 0 Å². The van der Waals surface area contributed by atoms with Gasteiger partial charge in [-0.25, -0.2) is 0 Å². The van der Waals surface area contributed by atoms with Crippen molar-refractivity contribution in [3.8, 4) is 5.75 Å². The van der Waals surface area contributed by atoms with Crippen molar-refractivity contribution in [1.82, 2.24) is 9.88 Å². The average Bonchev–Trinajstić information content (AvgIpc) is 2.67. The van der Waals surface area contributed by atoms with Gasteiger partial charge in [0.1, 0.15) is 11.4 Å².